The third-order valence-corrected chi connectivity index (χ3v) is 14.3. The predicted octanol–water partition coefficient (Wildman–Crippen LogP) is -0.183. The summed E-state index contributed by atoms with van der Waals surface area (Å²) in [6, 6.07) is -0.953. The van der Waals surface area contributed by atoms with E-state index in [0.717, 1.165) is 0 Å². The third-order valence-electron chi connectivity index (χ3n) is 14.3. The van der Waals surface area contributed by atoms with Gasteiger partial charge in [0, 0.05) is 38.1 Å². The maximum atomic E-state index is 14.5. The van der Waals surface area contributed by atoms with E-state index in [2.05, 4.69) is 0 Å². The van der Waals surface area contributed by atoms with Gasteiger partial charge in [-0.25, -0.2) is 4.79 Å². The average Bonchev–Trinajstić information content (AvgIpc) is 3.20. The fraction of sp³-hybridized carbons (Fsp3) is 0.955. The van der Waals surface area contributed by atoms with E-state index in [1.807, 2.05) is 37.7 Å². The molecule has 0 aromatic rings. The minimum absolute atomic E-state index is 0.0893. The van der Waals surface area contributed by atoms with E-state index in [-0.39, 0.29) is 37.3 Å². The van der Waals surface area contributed by atoms with Crippen LogP contribution in [-0.4, -0.2) is 218 Å². The Labute approximate surface area is 378 Å². The highest BCUT2D eigenvalue weighted by Crippen LogP contribution is 2.42. The van der Waals surface area contributed by atoms with Crippen LogP contribution in [0.15, 0.2) is 0 Å². The van der Waals surface area contributed by atoms with E-state index in [0.29, 0.717) is 13.0 Å². The Morgan fingerprint density at radius 1 is 0.844 bits per heavy atom. The van der Waals surface area contributed by atoms with Crippen molar-refractivity contribution in [2.75, 3.05) is 34.8 Å². The second-order valence-corrected chi connectivity index (χ2v) is 20.0. The van der Waals surface area contributed by atoms with Crippen molar-refractivity contribution in [3.63, 3.8) is 0 Å². The lowest BCUT2D eigenvalue weighted by Gasteiger charge is -2.50. The van der Waals surface area contributed by atoms with Crippen LogP contribution in [0.3, 0.4) is 0 Å². The molecule has 374 valence electrons. The van der Waals surface area contributed by atoms with Gasteiger partial charge in [0.2, 0.25) is 0 Å². The molecule has 0 radical (unpaired) electrons. The molecule has 4 rings (SSSR count). The quantitative estimate of drug-likeness (QED) is 0.132. The second kappa shape index (κ2) is 21.7. The number of hydrogen-bond donors (Lipinski definition) is 8. The molecule has 5 unspecified atom stereocenters. The number of carbonyl (C=O) groups excluding carboxylic acids is 1. The molecule has 0 aromatic carbocycles. The predicted molar refractivity (Wildman–Crippen MR) is 227 cm³/mol. The number of aliphatic hydroxyl groups excluding tert-OH is 5. The number of carboxylic acids is 1. The summed E-state index contributed by atoms with van der Waals surface area (Å²) >= 11 is 0. The maximum Gasteiger partial charge on any atom is 0.335 e. The molecule has 0 bridgehead atoms. The number of cyclic esters (lactones) is 1. The highest BCUT2D eigenvalue weighted by Gasteiger charge is 2.56. The molecule has 20 nitrogen and oxygen atoms in total. The van der Waals surface area contributed by atoms with Gasteiger partial charge in [0.1, 0.15) is 48.3 Å². The Bertz CT molecular complexity index is 1520. The van der Waals surface area contributed by atoms with E-state index in [1.54, 1.807) is 55.5 Å². The fourth-order valence-electron chi connectivity index (χ4n) is 10.3. The summed E-state index contributed by atoms with van der Waals surface area (Å²) in [7, 11) is 6.90. The van der Waals surface area contributed by atoms with Crippen molar-refractivity contribution in [1.82, 2.24) is 9.80 Å². The van der Waals surface area contributed by atoms with E-state index in [4.69, 9.17) is 37.9 Å². The van der Waals surface area contributed by atoms with Crippen molar-refractivity contribution in [1.29, 1.82) is 0 Å². The normalized spacial score (nSPS) is 49.8. The van der Waals surface area contributed by atoms with Crippen LogP contribution in [0.25, 0.3) is 0 Å². The zero-order valence-electron chi connectivity index (χ0n) is 40.1. The van der Waals surface area contributed by atoms with Crippen LogP contribution in [-0.2, 0) is 47.5 Å². The number of carbonyl (C=O) groups is 2. The molecule has 4 aliphatic rings. The summed E-state index contributed by atoms with van der Waals surface area (Å²) in [5.41, 5.74) is -4.88. The summed E-state index contributed by atoms with van der Waals surface area (Å²) in [5, 5.41) is 88.9. The maximum absolute atomic E-state index is 14.5. The molecule has 4 fully saturated rings. The molecule has 23 atom stereocenters. The van der Waals surface area contributed by atoms with Gasteiger partial charge in [-0.3, -0.25) is 4.79 Å². The summed E-state index contributed by atoms with van der Waals surface area (Å²) in [6.45, 7) is 17.4. The van der Waals surface area contributed by atoms with Crippen LogP contribution in [0.5, 0.6) is 0 Å². The largest absolute Gasteiger partial charge is 0.479 e. The number of methoxy groups -OCH3 is 1. The van der Waals surface area contributed by atoms with Crippen LogP contribution in [0.2, 0.25) is 0 Å². The number of ether oxygens (including phenoxy) is 8. The number of aliphatic hydroxyl groups is 7. The lowest BCUT2D eigenvalue weighted by atomic mass is 9.77. The van der Waals surface area contributed by atoms with Crippen LogP contribution in [0.1, 0.15) is 94.9 Å². The van der Waals surface area contributed by atoms with Crippen molar-refractivity contribution in [2.45, 2.75) is 216 Å². The van der Waals surface area contributed by atoms with Crippen LogP contribution >= 0.6 is 0 Å². The molecule has 0 amide bonds. The van der Waals surface area contributed by atoms with Crippen LogP contribution in [0.4, 0.5) is 0 Å². The number of aliphatic carboxylic acids is 1. The van der Waals surface area contributed by atoms with E-state index >= 15 is 0 Å². The summed E-state index contributed by atoms with van der Waals surface area (Å²) in [4.78, 5) is 30.1. The summed E-state index contributed by atoms with van der Waals surface area (Å²) in [6.07, 6.45) is -19.3. The molecule has 0 aliphatic carbocycles. The van der Waals surface area contributed by atoms with Gasteiger partial charge in [0.15, 0.2) is 25.0 Å². The molecule has 64 heavy (non-hydrogen) atoms. The molecular weight excluding hydrogens is 844 g/mol. The highest BCUT2D eigenvalue weighted by molar-refractivity contribution is 5.73. The van der Waals surface area contributed by atoms with Gasteiger partial charge < -0.3 is 88.5 Å². The minimum atomic E-state index is -1.94. The van der Waals surface area contributed by atoms with Crippen molar-refractivity contribution in [3.8, 4) is 0 Å². The average molecular weight is 925 g/mol. The first-order valence-electron chi connectivity index (χ1n) is 22.7. The fourth-order valence-corrected chi connectivity index (χ4v) is 10.3. The van der Waals surface area contributed by atoms with E-state index in [1.165, 1.54) is 14.0 Å². The smallest absolute Gasteiger partial charge is 0.335 e. The molecule has 20 heteroatoms. The lowest BCUT2D eigenvalue weighted by Crippen LogP contribution is -2.64. The Kier molecular flexibility index (Phi) is 18.6. The number of nitrogens with zero attached hydrogens (tertiary/aromatic N) is 2. The van der Waals surface area contributed by atoms with Gasteiger partial charge in [-0.05, 0) is 94.8 Å². The van der Waals surface area contributed by atoms with Crippen molar-refractivity contribution in [3.05, 3.63) is 0 Å². The van der Waals surface area contributed by atoms with Gasteiger partial charge in [-0.1, -0.05) is 20.8 Å². The van der Waals surface area contributed by atoms with Crippen molar-refractivity contribution < 1.29 is 88.3 Å². The number of hydrogen-bond acceptors (Lipinski definition) is 19. The Morgan fingerprint density at radius 3 is 2.00 bits per heavy atom. The molecular formula is C44H80N2O18. The van der Waals surface area contributed by atoms with Gasteiger partial charge in [0.05, 0.1) is 41.5 Å². The first-order chi connectivity index (χ1) is 29.5. The molecule has 4 saturated heterocycles. The zero-order valence-corrected chi connectivity index (χ0v) is 40.1. The minimum Gasteiger partial charge on any atom is -0.479 e. The first-order valence-corrected chi connectivity index (χ1v) is 22.7. The molecule has 0 aromatic heterocycles. The van der Waals surface area contributed by atoms with E-state index in [9.17, 15) is 50.4 Å². The van der Waals surface area contributed by atoms with Gasteiger partial charge >= 0.3 is 11.9 Å². The van der Waals surface area contributed by atoms with Gasteiger partial charge in [0.25, 0.3) is 0 Å². The Morgan fingerprint density at radius 2 is 1.44 bits per heavy atom. The molecule has 4 aliphatic heterocycles. The SMILES string of the molecule is CC[C@H]1OC(=O)[C@H](C)[C@@H](O[C@H]2C[C@@](C)(OC)[C@@H](OC3OC(C(=O)O)C(O)C(O)C3O)[C@H](C)O2)[C@H](C)[C@@H](O[C@@H]2O[C@H](C)C[C@H](N(C)C)[C@H]2O)[C@](C)(O)C[C@@H](C)CN(C)[C@H](C)[C@@H](O)[C@]1(C)O. The number of rotatable bonds is 10. The first kappa shape index (κ1) is 54.9. The van der Waals surface area contributed by atoms with Gasteiger partial charge in [-0.15, -0.1) is 0 Å². The number of esters is 1. The second-order valence-electron chi connectivity index (χ2n) is 20.0. The zero-order chi connectivity index (χ0) is 48.5. The van der Waals surface area contributed by atoms with Crippen molar-refractivity contribution >= 4 is 11.9 Å². The third kappa shape index (κ3) is 11.9. The monoisotopic (exact) mass is 925 g/mol. The number of likely N-dealkylation sites (N-methyl/N-ethyl adjacent to an activating group) is 2. The number of carboxylic acid groups (broad SMARTS) is 1. The lowest BCUT2D eigenvalue weighted by molar-refractivity contribution is -0.358. The standard InChI is InChI=1S/C44H80N2O18/c1-15-27-44(10,56)35(51)24(6)46(13)19-20(2)17-42(8,55)36(63-40-29(47)26(45(11)12)16-21(3)58-40)22(4)33(23(5)39(54)60-27)61-28-18-43(9,57-14)37(25(7)59-28)64-41-32(50)30(48)31(49)34(62-41)38(52)53/h20-37,40-41,47-51,55-56H,15-19H2,1-14H3,(H,52,53)/t20-,21-,22+,23-,24-,25+,26+,27-,28+,29-,30?,31?,32?,33+,34?,35-,36-,37+,40+,41?,42-,43-,44-/m1/s1. The highest BCUT2D eigenvalue weighted by atomic mass is 16.7. The summed E-state index contributed by atoms with van der Waals surface area (Å²) < 4.78 is 49.8. The van der Waals surface area contributed by atoms with E-state index < -0.39 is 133 Å². The molecule has 0 spiro atoms. The van der Waals surface area contributed by atoms with Crippen molar-refractivity contribution in [2.24, 2.45) is 17.8 Å². The Balaban J connectivity index is 1.78. The van der Waals surface area contributed by atoms with Gasteiger partial charge in [-0.2, -0.15) is 0 Å². The topological polar surface area (TPSA) is 276 Å². The molecule has 0 saturated carbocycles. The van der Waals surface area contributed by atoms with Crippen LogP contribution in [0, 0.1) is 17.8 Å². The Hall–Kier alpha value is -1.70. The van der Waals surface area contributed by atoms with Crippen LogP contribution < -0.4 is 0 Å². The molecule has 4 heterocycles. The molecule has 8 N–H and O–H groups in total. The summed E-state index contributed by atoms with van der Waals surface area (Å²) in [5.74, 6) is -4.64.